The summed E-state index contributed by atoms with van der Waals surface area (Å²) in [5.41, 5.74) is 2.76. The maximum absolute atomic E-state index is 10.9. The molecule has 5 nitrogen and oxygen atoms in total. The largest absolute Gasteiger partial charge is 0.465 e. The first-order valence-electron chi connectivity index (χ1n) is 6.06. The van der Waals surface area contributed by atoms with Crippen molar-refractivity contribution in [2.24, 2.45) is 0 Å². The number of aromatic amines is 1. The Hall–Kier alpha value is -1.53. The second-order valence-electron chi connectivity index (χ2n) is 4.57. The number of nitrogens with zero attached hydrogens (tertiary/aromatic N) is 2. The topological polar surface area (TPSA) is 69.2 Å². The molecule has 1 aliphatic rings. The summed E-state index contributed by atoms with van der Waals surface area (Å²) in [7, 11) is 0. The number of halogens is 2. The van der Waals surface area contributed by atoms with E-state index in [0.717, 1.165) is 26.8 Å². The predicted molar refractivity (Wildman–Crippen MR) is 81.0 cm³/mol. The number of hydrogen-bond acceptors (Lipinski definition) is 2. The van der Waals surface area contributed by atoms with Gasteiger partial charge in [0.05, 0.1) is 9.50 Å². The van der Waals surface area contributed by atoms with Crippen molar-refractivity contribution in [1.29, 1.82) is 0 Å². The van der Waals surface area contributed by atoms with Crippen molar-refractivity contribution in [3.63, 3.8) is 0 Å². The van der Waals surface area contributed by atoms with Gasteiger partial charge in [-0.3, -0.25) is 0 Å². The first-order valence-corrected chi connectivity index (χ1v) is 7.23. The van der Waals surface area contributed by atoms with Gasteiger partial charge in [0, 0.05) is 30.4 Å². The predicted octanol–water partition coefficient (Wildman–Crippen LogP) is 3.75. The van der Waals surface area contributed by atoms with Gasteiger partial charge < -0.3 is 15.0 Å². The van der Waals surface area contributed by atoms with Crippen molar-refractivity contribution >= 4 is 50.2 Å². The van der Waals surface area contributed by atoms with Gasteiger partial charge in [-0.05, 0) is 34.0 Å². The first-order chi connectivity index (χ1) is 9.56. The van der Waals surface area contributed by atoms with Crippen LogP contribution in [0.3, 0.4) is 0 Å². The van der Waals surface area contributed by atoms with E-state index >= 15 is 0 Å². The lowest BCUT2D eigenvalue weighted by Gasteiger charge is -2.23. The SMILES string of the molecule is O=C(O)N1CC=C(c2cc3c(Cl)c(Br)cnc3[nH]2)CC1. The number of pyridine rings is 1. The van der Waals surface area contributed by atoms with Crippen LogP contribution < -0.4 is 0 Å². The van der Waals surface area contributed by atoms with Crippen LogP contribution in [0.15, 0.2) is 22.8 Å². The van der Waals surface area contributed by atoms with E-state index in [4.69, 9.17) is 16.7 Å². The van der Waals surface area contributed by atoms with Gasteiger partial charge >= 0.3 is 6.09 Å². The van der Waals surface area contributed by atoms with E-state index in [9.17, 15) is 4.79 Å². The summed E-state index contributed by atoms with van der Waals surface area (Å²) >= 11 is 9.58. The Morgan fingerprint density at radius 3 is 3.00 bits per heavy atom. The summed E-state index contributed by atoms with van der Waals surface area (Å²) in [5.74, 6) is 0. The fourth-order valence-electron chi connectivity index (χ4n) is 2.28. The summed E-state index contributed by atoms with van der Waals surface area (Å²) in [6.45, 7) is 0.909. The second kappa shape index (κ2) is 5.10. The fraction of sp³-hybridized carbons (Fsp3) is 0.231. The fourth-order valence-corrected chi connectivity index (χ4v) is 2.79. The first kappa shape index (κ1) is 13.5. The van der Waals surface area contributed by atoms with E-state index in [1.165, 1.54) is 4.90 Å². The summed E-state index contributed by atoms with van der Waals surface area (Å²) in [6, 6.07) is 1.96. The number of carbonyl (C=O) groups is 1. The van der Waals surface area contributed by atoms with Crippen LogP contribution in [0.4, 0.5) is 4.79 Å². The van der Waals surface area contributed by atoms with Crippen LogP contribution in [-0.2, 0) is 0 Å². The minimum absolute atomic E-state index is 0.408. The number of fused-ring (bicyclic) bond motifs is 1. The average Bonchev–Trinajstić information content (AvgIpc) is 2.88. The van der Waals surface area contributed by atoms with E-state index in [-0.39, 0.29) is 0 Å². The molecule has 2 N–H and O–H groups in total. The second-order valence-corrected chi connectivity index (χ2v) is 5.81. The molecule has 0 unspecified atom stereocenters. The third kappa shape index (κ3) is 2.29. The molecule has 0 fully saturated rings. The number of amides is 1. The van der Waals surface area contributed by atoms with E-state index < -0.39 is 6.09 Å². The zero-order chi connectivity index (χ0) is 14.3. The highest BCUT2D eigenvalue weighted by atomic mass is 79.9. The molecule has 0 aromatic carbocycles. The molecule has 0 radical (unpaired) electrons. The highest BCUT2D eigenvalue weighted by molar-refractivity contribution is 9.10. The highest BCUT2D eigenvalue weighted by Crippen LogP contribution is 2.32. The number of rotatable bonds is 1. The number of carboxylic acid groups (broad SMARTS) is 1. The van der Waals surface area contributed by atoms with Crippen LogP contribution in [0, 0.1) is 0 Å². The minimum Gasteiger partial charge on any atom is -0.465 e. The molecule has 2 aromatic heterocycles. The van der Waals surface area contributed by atoms with Crippen LogP contribution in [0.2, 0.25) is 5.02 Å². The van der Waals surface area contributed by atoms with Gasteiger partial charge in [-0.25, -0.2) is 9.78 Å². The van der Waals surface area contributed by atoms with Gasteiger partial charge in [-0.1, -0.05) is 17.7 Å². The smallest absolute Gasteiger partial charge is 0.407 e. The molecule has 3 rings (SSSR count). The lowest BCUT2D eigenvalue weighted by atomic mass is 10.1. The number of H-pyrrole nitrogens is 1. The molecule has 3 heterocycles. The normalized spacial score (nSPS) is 15.5. The van der Waals surface area contributed by atoms with Gasteiger partial charge in [0.15, 0.2) is 0 Å². The maximum Gasteiger partial charge on any atom is 0.407 e. The molecule has 1 amide bonds. The summed E-state index contributed by atoms with van der Waals surface area (Å²) in [4.78, 5) is 19.8. The molecular weight excluding hydrogens is 346 g/mol. The van der Waals surface area contributed by atoms with Crippen LogP contribution >= 0.6 is 27.5 Å². The summed E-state index contributed by atoms with van der Waals surface area (Å²) in [5, 5.41) is 10.4. The monoisotopic (exact) mass is 355 g/mol. The third-order valence-corrected chi connectivity index (χ3v) is 4.61. The molecule has 104 valence electrons. The third-order valence-electron chi connectivity index (χ3n) is 3.38. The zero-order valence-electron chi connectivity index (χ0n) is 10.4. The van der Waals surface area contributed by atoms with E-state index in [1.54, 1.807) is 6.20 Å². The Kier molecular flexibility index (Phi) is 3.43. The van der Waals surface area contributed by atoms with Gasteiger partial charge in [0.25, 0.3) is 0 Å². The quantitative estimate of drug-likeness (QED) is 0.817. The van der Waals surface area contributed by atoms with Crippen molar-refractivity contribution < 1.29 is 9.90 Å². The standard InChI is InChI=1S/C13H11BrClN3O2/c14-9-6-16-12-8(11(9)15)5-10(17-12)7-1-3-18(4-2-7)13(19)20/h1,5-6H,2-4H2,(H,16,17)(H,19,20). The zero-order valence-corrected chi connectivity index (χ0v) is 12.7. The van der Waals surface area contributed by atoms with Crippen molar-refractivity contribution in [3.8, 4) is 0 Å². The average molecular weight is 357 g/mol. The molecule has 0 atom stereocenters. The Balaban J connectivity index is 1.96. The van der Waals surface area contributed by atoms with Crippen molar-refractivity contribution in [3.05, 3.63) is 33.5 Å². The Morgan fingerprint density at radius 1 is 1.55 bits per heavy atom. The molecule has 7 heteroatoms. The maximum atomic E-state index is 10.9. The van der Waals surface area contributed by atoms with Crippen LogP contribution in [0.5, 0.6) is 0 Å². The number of hydrogen-bond donors (Lipinski definition) is 2. The van der Waals surface area contributed by atoms with Crippen molar-refractivity contribution in [1.82, 2.24) is 14.9 Å². The van der Waals surface area contributed by atoms with Crippen LogP contribution in [0.1, 0.15) is 12.1 Å². The molecular formula is C13H11BrClN3O2. The van der Waals surface area contributed by atoms with E-state index in [2.05, 4.69) is 25.9 Å². The summed E-state index contributed by atoms with van der Waals surface area (Å²) < 4.78 is 0.756. The molecule has 1 aliphatic heterocycles. The van der Waals surface area contributed by atoms with Crippen molar-refractivity contribution in [2.75, 3.05) is 13.1 Å². The molecule has 0 saturated carbocycles. The van der Waals surface area contributed by atoms with E-state index in [1.807, 2.05) is 12.1 Å². The van der Waals surface area contributed by atoms with Crippen molar-refractivity contribution in [2.45, 2.75) is 6.42 Å². The molecule has 20 heavy (non-hydrogen) atoms. The lowest BCUT2D eigenvalue weighted by molar-refractivity contribution is 0.150. The molecule has 0 aliphatic carbocycles. The van der Waals surface area contributed by atoms with Gasteiger partial charge in [-0.2, -0.15) is 0 Å². The number of aromatic nitrogens is 2. The lowest BCUT2D eigenvalue weighted by Crippen LogP contribution is -2.33. The molecule has 2 aromatic rings. The highest BCUT2D eigenvalue weighted by Gasteiger charge is 2.18. The van der Waals surface area contributed by atoms with Gasteiger partial charge in [-0.15, -0.1) is 0 Å². The molecule has 0 spiro atoms. The van der Waals surface area contributed by atoms with Gasteiger partial charge in [0.2, 0.25) is 0 Å². The van der Waals surface area contributed by atoms with Crippen LogP contribution in [0.25, 0.3) is 16.6 Å². The Morgan fingerprint density at radius 2 is 2.35 bits per heavy atom. The van der Waals surface area contributed by atoms with Gasteiger partial charge in [0.1, 0.15) is 5.65 Å². The summed E-state index contributed by atoms with van der Waals surface area (Å²) in [6.07, 6.45) is 3.38. The van der Waals surface area contributed by atoms with E-state index in [0.29, 0.717) is 24.5 Å². The Labute approximate surface area is 128 Å². The molecule has 0 bridgehead atoms. The Bertz CT molecular complexity index is 726. The van der Waals surface area contributed by atoms with Crippen LogP contribution in [-0.4, -0.2) is 39.2 Å². The molecule has 0 saturated heterocycles. The number of nitrogens with one attached hydrogen (secondary N) is 1. The minimum atomic E-state index is -0.884.